The van der Waals surface area contributed by atoms with E-state index in [9.17, 15) is 19.2 Å². The van der Waals surface area contributed by atoms with Crippen LogP contribution in [0.2, 0.25) is 0 Å². The second-order valence-electron chi connectivity index (χ2n) is 11.5. The molecule has 0 aromatic rings. The summed E-state index contributed by atoms with van der Waals surface area (Å²) in [5, 5.41) is 5.58. The van der Waals surface area contributed by atoms with Crippen molar-refractivity contribution in [3.63, 3.8) is 0 Å². The van der Waals surface area contributed by atoms with E-state index >= 15 is 0 Å². The molecule has 0 heterocycles. The van der Waals surface area contributed by atoms with Crippen molar-refractivity contribution in [3.8, 4) is 0 Å². The van der Waals surface area contributed by atoms with Gasteiger partial charge in [0.15, 0.2) is 0 Å². The second-order valence-corrected chi connectivity index (χ2v) is 14.2. The van der Waals surface area contributed by atoms with Gasteiger partial charge in [0, 0.05) is 43.9 Å². The topological polar surface area (TPSA) is 163 Å². The van der Waals surface area contributed by atoms with Crippen LogP contribution in [0.5, 0.6) is 0 Å². The molecule has 0 bridgehead atoms. The number of nitrogens with two attached hydrogens (primary N) is 2. The number of esters is 2. The Hall–Kier alpha value is -1.76. The number of amides is 2. The molecule has 0 fully saturated rings. The molecule has 0 aromatic carbocycles. The maximum atomic E-state index is 11.9. The normalized spacial score (nSPS) is 11.8. The SMILES string of the molecule is CCCCCCCC/C=C\CCCCCCCC(=O)OCCCOC(=O)CCC(=O)NCCSSCCNC(=O)C(N)CCCN. The highest BCUT2D eigenvalue weighted by Crippen LogP contribution is 2.19. The number of carbonyl (C=O) groups excluding carboxylic acids is 4. The molecule has 10 nitrogen and oxygen atoms in total. The fraction of sp³-hybridized carbons (Fsp3) is 0.824. The summed E-state index contributed by atoms with van der Waals surface area (Å²) in [5.41, 5.74) is 11.2. The average Bonchev–Trinajstić information content (AvgIpc) is 3.05. The molecular formula is C34H64N4O6S2. The van der Waals surface area contributed by atoms with Gasteiger partial charge in [-0.05, 0) is 51.5 Å². The summed E-state index contributed by atoms with van der Waals surface area (Å²) in [4.78, 5) is 47.5. The third-order valence-corrected chi connectivity index (χ3v) is 9.55. The van der Waals surface area contributed by atoms with Gasteiger partial charge >= 0.3 is 11.9 Å². The molecule has 0 aliphatic heterocycles. The van der Waals surface area contributed by atoms with E-state index < -0.39 is 12.0 Å². The van der Waals surface area contributed by atoms with Crippen LogP contribution in [0.1, 0.15) is 129 Å². The molecule has 0 radical (unpaired) electrons. The quantitative estimate of drug-likeness (QED) is 0.0280. The Kier molecular flexibility index (Phi) is 33.2. The van der Waals surface area contributed by atoms with Crippen molar-refractivity contribution in [2.75, 3.05) is 44.4 Å². The van der Waals surface area contributed by atoms with Gasteiger partial charge in [0.05, 0.1) is 25.7 Å². The number of nitrogens with one attached hydrogen (secondary N) is 2. The zero-order chi connectivity index (χ0) is 33.9. The molecule has 0 aliphatic rings. The van der Waals surface area contributed by atoms with Gasteiger partial charge in [-0.2, -0.15) is 0 Å². The van der Waals surface area contributed by atoms with Crippen molar-refractivity contribution in [2.45, 2.75) is 135 Å². The van der Waals surface area contributed by atoms with Crippen molar-refractivity contribution in [2.24, 2.45) is 11.5 Å². The molecule has 0 saturated heterocycles. The highest BCUT2D eigenvalue weighted by molar-refractivity contribution is 8.76. The van der Waals surface area contributed by atoms with Crippen LogP contribution in [-0.2, 0) is 28.7 Å². The minimum atomic E-state index is -0.518. The highest BCUT2D eigenvalue weighted by Gasteiger charge is 2.12. The lowest BCUT2D eigenvalue weighted by molar-refractivity contribution is -0.147. The van der Waals surface area contributed by atoms with Crippen LogP contribution in [0.3, 0.4) is 0 Å². The van der Waals surface area contributed by atoms with Crippen LogP contribution >= 0.6 is 21.6 Å². The minimum absolute atomic E-state index is 0.0100. The second kappa shape index (κ2) is 34.6. The summed E-state index contributed by atoms with van der Waals surface area (Å²) >= 11 is 0. The first-order valence-electron chi connectivity index (χ1n) is 17.6. The molecular weight excluding hydrogens is 625 g/mol. The summed E-state index contributed by atoms with van der Waals surface area (Å²) in [7, 11) is 3.20. The van der Waals surface area contributed by atoms with E-state index in [1.54, 1.807) is 21.6 Å². The number of hydrogen-bond donors (Lipinski definition) is 4. The van der Waals surface area contributed by atoms with E-state index in [0.717, 1.165) is 37.9 Å². The lowest BCUT2D eigenvalue weighted by Crippen LogP contribution is -2.41. The van der Waals surface area contributed by atoms with Crippen molar-refractivity contribution in [3.05, 3.63) is 12.2 Å². The van der Waals surface area contributed by atoms with Crippen LogP contribution < -0.4 is 22.1 Å². The Morgan fingerprint density at radius 3 is 1.83 bits per heavy atom. The van der Waals surface area contributed by atoms with Gasteiger partial charge < -0.3 is 31.6 Å². The molecule has 6 N–H and O–H groups in total. The third-order valence-electron chi connectivity index (χ3n) is 7.15. The molecule has 0 spiro atoms. The van der Waals surface area contributed by atoms with Gasteiger partial charge in [0.1, 0.15) is 0 Å². The number of carbonyl (C=O) groups is 4. The van der Waals surface area contributed by atoms with E-state index in [4.69, 9.17) is 20.9 Å². The van der Waals surface area contributed by atoms with E-state index in [2.05, 4.69) is 29.7 Å². The summed E-state index contributed by atoms with van der Waals surface area (Å²) in [6.45, 7) is 4.18. The monoisotopic (exact) mass is 688 g/mol. The molecule has 46 heavy (non-hydrogen) atoms. The Bertz CT molecular complexity index is 804. The summed E-state index contributed by atoms with van der Waals surface area (Å²) in [5.74, 6) is 0.433. The van der Waals surface area contributed by atoms with Gasteiger partial charge in [0.2, 0.25) is 11.8 Å². The first-order valence-corrected chi connectivity index (χ1v) is 20.1. The summed E-state index contributed by atoms with van der Waals surface area (Å²) in [6.07, 6.45) is 22.7. The van der Waals surface area contributed by atoms with Crippen molar-refractivity contribution in [1.29, 1.82) is 0 Å². The molecule has 1 atom stereocenters. The molecule has 0 aromatic heterocycles. The maximum absolute atomic E-state index is 11.9. The van der Waals surface area contributed by atoms with Gasteiger partial charge in [-0.15, -0.1) is 0 Å². The Morgan fingerprint density at radius 2 is 1.22 bits per heavy atom. The van der Waals surface area contributed by atoms with Crippen molar-refractivity contribution in [1.82, 2.24) is 10.6 Å². The van der Waals surface area contributed by atoms with E-state index in [1.165, 1.54) is 57.8 Å². The number of ether oxygens (including phenoxy) is 2. The zero-order valence-corrected chi connectivity index (χ0v) is 30.2. The molecule has 1 unspecified atom stereocenters. The van der Waals surface area contributed by atoms with Crippen LogP contribution in [0.25, 0.3) is 0 Å². The molecule has 0 aliphatic carbocycles. The van der Waals surface area contributed by atoms with Gasteiger partial charge in [-0.3, -0.25) is 19.2 Å². The predicted molar refractivity (Wildman–Crippen MR) is 192 cm³/mol. The number of hydrogen-bond acceptors (Lipinski definition) is 10. The highest BCUT2D eigenvalue weighted by atomic mass is 33.1. The summed E-state index contributed by atoms with van der Waals surface area (Å²) < 4.78 is 10.4. The Balaban J connectivity index is 3.48. The summed E-state index contributed by atoms with van der Waals surface area (Å²) in [6, 6.07) is -0.518. The van der Waals surface area contributed by atoms with E-state index in [-0.39, 0.29) is 43.8 Å². The van der Waals surface area contributed by atoms with Gasteiger partial charge in [-0.25, -0.2) is 0 Å². The zero-order valence-electron chi connectivity index (χ0n) is 28.5. The fourth-order valence-corrected chi connectivity index (χ4v) is 6.20. The van der Waals surface area contributed by atoms with E-state index in [0.29, 0.717) is 44.6 Å². The smallest absolute Gasteiger partial charge is 0.306 e. The fourth-order valence-electron chi connectivity index (χ4n) is 4.39. The first kappa shape index (κ1) is 44.2. The number of unbranched alkanes of at least 4 members (excludes halogenated alkanes) is 11. The lowest BCUT2D eigenvalue weighted by Gasteiger charge is -2.11. The Morgan fingerprint density at radius 1 is 0.674 bits per heavy atom. The maximum Gasteiger partial charge on any atom is 0.306 e. The standard InChI is InChI=1S/C34H64N4O6S2/c1-2-3-4-5-6-7-8-9-10-11-12-13-14-15-16-20-32(40)43-26-18-27-44-33(41)22-21-31(39)37-24-28-45-46-29-25-38-34(42)30(36)19-17-23-35/h9-10,30H,2-8,11-29,35-36H2,1H3,(H,37,39)(H,38,42)/b10-9-. The Labute approximate surface area is 286 Å². The predicted octanol–water partition coefficient (Wildman–Crippen LogP) is 5.96. The van der Waals surface area contributed by atoms with Crippen LogP contribution in [0, 0.1) is 0 Å². The van der Waals surface area contributed by atoms with Gasteiger partial charge in [0.25, 0.3) is 0 Å². The minimum Gasteiger partial charge on any atom is -0.466 e. The van der Waals surface area contributed by atoms with Crippen LogP contribution in [-0.4, -0.2) is 74.1 Å². The lowest BCUT2D eigenvalue weighted by atomic mass is 10.1. The molecule has 0 rings (SSSR count). The molecule has 0 saturated carbocycles. The number of allylic oxidation sites excluding steroid dienone is 2. The van der Waals surface area contributed by atoms with Gasteiger partial charge in [-0.1, -0.05) is 92.0 Å². The molecule has 12 heteroatoms. The third kappa shape index (κ3) is 32.2. The average molecular weight is 689 g/mol. The first-order chi connectivity index (χ1) is 22.4. The van der Waals surface area contributed by atoms with Crippen LogP contribution in [0.4, 0.5) is 0 Å². The van der Waals surface area contributed by atoms with Crippen LogP contribution in [0.15, 0.2) is 12.2 Å². The molecule has 2 amide bonds. The molecule has 268 valence electrons. The number of rotatable bonds is 33. The van der Waals surface area contributed by atoms with Crippen molar-refractivity contribution < 1.29 is 28.7 Å². The van der Waals surface area contributed by atoms with Crippen molar-refractivity contribution >= 4 is 45.3 Å². The van der Waals surface area contributed by atoms with E-state index in [1.807, 2.05) is 0 Å². The largest absolute Gasteiger partial charge is 0.466 e.